The lowest BCUT2D eigenvalue weighted by Gasteiger charge is -2.37. The first-order valence-corrected chi connectivity index (χ1v) is 8.47. The molecule has 0 unspecified atom stereocenters. The average molecular weight is 357 g/mol. The minimum Gasteiger partial charge on any atom is -0.481 e. The fourth-order valence-electron chi connectivity index (χ4n) is 3.34. The van der Waals surface area contributed by atoms with Gasteiger partial charge in [-0.15, -0.1) is 0 Å². The van der Waals surface area contributed by atoms with Crippen molar-refractivity contribution < 1.29 is 14.3 Å². The summed E-state index contributed by atoms with van der Waals surface area (Å²) < 4.78 is 6.94. The molecule has 8 nitrogen and oxygen atoms in total. The molecule has 0 aromatic carbocycles. The number of nitrogens with one attached hydrogen (secondary N) is 1. The van der Waals surface area contributed by atoms with E-state index in [1.807, 2.05) is 24.7 Å². The van der Waals surface area contributed by atoms with Crippen molar-refractivity contribution in [1.82, 2.24) is 19.4 Å². The van der Waals surface area contributed by atoms with Gasteiger partial charge in [-0.1, -0.05) is 0 Å². The Labute approximate surface area is 152 Å². The second kappa shape index (κ2) is 7.15. The van der Waals surface area contributed by atoms with E-state index in [4.69, 9.17) is 4.74 Å². The van der Waals surface area contributed by atoms with Crippen molar-refractivity contribution in [2.45, 2.75) is 25.8 Å². The van der Waals surface area contributed by atoms with E-state index in [0.29, 0.717) is 35.9 Å². The van der Waals surface area contributed by atoms with E-state index in [0.717, 1.165) is 0 Å². The third-order valence-electron chi connectivity index (χ3n) is 4.85. The van der Waals surface area contributed by atoms with E-state index in [1.54, 1.807) is 37.4 Å². The molecule has 2 aromatic heterocycles. The maximum Gasteiger partial charge on any atom is 0.230 e. The molecule has 1 aliphatic heterocycles. The van der Waals surface area contributed by atoms with Crippen molar-refractivity contribution in [3.63, 3.8) is 0 Å². The van der Waals surface area contributed by atoms with Gasteiger partial charge in [-0.2, -0.15) is 0 Å². The zero-order chi connectivity index (χ0) is 18.8. The molecule has 3 rings (SSSR count). The lowest BCUT2D eigenvalue weighted by molar-refractivity contribution is -0.140. The van der Waals surface area contributed by atoms with E-state index in [9.17, 15) is 9.59 Å². The van der Waals surface area contributed by atoms with Crippen LogP contribution >= 0.6 is 0 Å². The number of carbonyl (C=O) groups is 2. The number of amides is 2. The summed E-state index contributed by atoms with van der Waals surface area (Å²) in [5.74, 6) is 0.678. The quantitative estimate of drug-likeness (QED) is 0.899. The number of likely N-dealkylation sites (tertiary alicyclic amines) is 1. The number of carbonyl (C=O) groups excluding carboxylic acids is 2. The summed E-state index contributed by atoms with van der Waals surface area (Å²) in [5, 5.41) is 2.95. The Morgan fingerprint density at radius 3 is 2.73 bits per heavy atom. The minimum atomic E-state index is -0.400. The highest BCUT2D eigenvalue weighted by Gasteiger charge is 2.41. The van der Waals surface area contributed by atoms with Gasteiger partial charge in [-0.3, -0.25) is 9.59 Å². The predicted octanol–water partition coefficient (Wildman–Crippen LogP) is 1.68. The van der Waals surface area contributed by atoms with E-state index in [1.165, 1.54) is 0 Å². The van der Waals surface area contributed by atoms with Crippen LogP contribution in [-0.4, -0.2) is 45.4 Å². The van der Waals surface area contributed by atoms with Gasteiger partial charge < -0.3 is 19.5 Å². The highest BCUT2D eigenvalue weighted by molar-refractivity contribution is 5.95. The van der Waals surface area contributed by atoms with Crippen LogP contribution in [0.25, 0.3) is 0 Å². The number of methoxy groups -OCH3 is 1. The number of hydrogen-bond donors (Lipinski definition) is 1. The lowest BCUT2D eigenvalue weighted by Crippen LogP contribution is -2.45. The molecule has 3 heterocycles. The Morgan fingerprint density at radius 2 is 2.12 bits per heavy atom. The summed E-state index contributed by atoms with van der Waals surface area (Å²) in [5.41, 5.74) is 1.31. The summed E-state index contributed by atoms with van der Waals surface area (Å²) in [6.45, 7) is 1.81. The molecule has 1 N–H and O–H groups in total. The van der Waals surface area contributed by atoms with Crippen molar-refractivity contribution >= 4 is 17.5 Å². The van der Waals surface area contributed by atoms with Gasteiger partial charge in [0.05, 0.1) is 24.4 Å². The largest absolute Gasteiger partial charge is 0.481 e. The third-order valence-corrected chi connectivity index (χ3v) is 4.85. The number of piperidine rings is 1. The molecule has 0 saturated carbocycles. The SMILES string of the molecule is COc1ccc(NC(=O)[C@H]2CCC(=O)N(C)[C@@H]2c2nccn2C)c(C)n1. The number of pyridine rings is 1. The topological polar surface area (TPSA) is 89.4 Å². The number of imidazole rings is 1. The van der Waals surface area contributed by atoms with Gasteiger partial charge in [0.25, 0.3) is 0 Å². The van der Waals surface area contributed by atoms with Crippen LogP contribution in [0.3, 0.4) is 0 Å². The van der Waals surface area contributed by atoms with Gasteiger partial charge in [-0.05, 0) is 19.4 Å². The second-order valence-electron chi connectivity index (χ2n) is 6.47. The molecule has 0 bridgehead atoms. The van der Waals surface area contributed by atoms with Crippen molar-refractivity contribution in [3.05, 3.63) is 36.0 Å². The van der Waals surface area contributed by atoms with Gasteiger partial charge in [0.15, 0.2) is 0 Å². The van der Waals surface area contributed by atoms with Crippen LogP contribution in [-0.2, 0) is 16.6 Å². The summed E-state index contributed by atoms with van der Waals surface area (Å²) in [7, 11) is 5.13. The smallest absolute Gasteiger partial charge is 0.230 e. The van der Waals surface area contributed by atoms with Crippen LogP contribution in [0.15, 0.2) is 24.5 Å². The average Bonchev–Trinajstić information content (AvgIpc) is 3.04. The maximum absolute atomic E-state index is 13.0. The Kier molecular flexibility index (Phi) is 4.92. The molecule has 0 aliphatic carbocycles. The molecule has 26 heavy (non-hydrogen) atoms. The Morgan fingerprint density at radius 1 is 1.35 bits per heavy atom. The van der Waals surface area contributed by atoms with Crippen LogP contribution in [0.4, 0.5) is 5.69 Å². The van der Waals surface area contributed by atoms with Gasteiger partial charge in [0.1, 0.15) is 11.9 Å². The summed E-state index contributed by atoms with van der Waals surface area (Å²) in [6, 6.07) is 3.07. The van der Waals surface area contributed by atoms with E-state index < -0.39 is 6.04 Å². The number of rotatable bonds is 4. The monoisotopic (exact) mass is 357 g/mol. The van der Waals surface area contributed by atoms with Crippen LogP contribution in [0.2, 0.25) is 0 Å². The van der Waals surface area contributed by atoms with Gasteiger partial charge >= 0.3 is 0 Å². The molecule has 2 amide bonds. The van der Waals surface area contributed by atoms with Crippen molar-refractivity contribution in [2.24, 2.45) is 13.0 Å². The maximum atomic E-state index is 13.0. The first kappa shape index (κ1) is 17.9. The number of hydrogen-bond acceptors (Lipinski definition) is 5. The molecule has 1 fully saturated rings. The molecule has 2 atom stereocenters. The lowest BCUT2D eigenvalue weighted by atomic mass is 9.87. The highest BCUT2D eigenvalue weighted by atomic mass is 16.5. The van der Waals surface area contributed by atoms with Crippen molar-refractivity contribution in [2.75, 3.05) is 19.5 Å². The number of anilines is 1. The first-order valence-electron chi connectivity index (χ1n) is 8.47. The Hall–Kier alpha value is -2.90. The zero-order valence-corrected chi connectivity index (χ0v) is 15.4. The van der Waals surface area contributed by atoms with Crippen LogP contribution in [0, 0.1) is 12.8 Å². The van der Waals surface area contributed by atoms with Gasteiger partial charge in [0, 0.05) is 39.0 Å². The molecular weight excluding hydrogens is 334 g/mol. The Bertz CT molecular complexity index is 832. The molecule has 1 aliphatic rings. The van der Waals surface area contributed by atoms with Crippen molar-refractivity contribution in [3.8, 4) is 5.88 Å². The first-order chi connectivity index (χ1) is 12.4. The molecular formula is C18H23N5O3. The van der Waals surface area contributed by atoms with Crippen LogP contribution in [0.5, 0.6) is 5.88 Å². The fourth-order valence-corrected chi connectivity index (χ4v) is 3.34. The molecule has 0 radical (unpaired) electrons. The molecule has 1 saturated heterocycles. The van der Waals surface area contributed by atoms with E-state index in [2.05, 4.69) is 15.3 Å². The molecule has 2 aromatic rings. The molecule has 0 spiro atoms. The number of aromatic nitrogens is 3. The number of nitrogens with zero attached hydrogens (tertiary/aromatic N) is 4. The summed E-state index contributed by atoms with van der Waals surface area (Å²) in [4.78, 5) is 35.5. The summed E-state index contributed by atoms with van der Waals surface area (Å²) >= 11 is 0. The number of aryl methyl sites for hydroxylation is 2. The normalized spacial score (nSPS) is 20.2. The molecule has 138 valence electrons. The predicted molar refractivity (Wildman–Crippen MR) is 95.6 cm³/mol. The highest BCUT2D eigenvalue weighted by Crippen LogP contribution is 2.35. The number of ether oxygens (including phenoxy) is 1. The Balaban J connectivity index is 1.87. The standard InChI is InChI=1S/C18H23N5O3/c1-11-13(6-7-14(20-11)26-4)21-18(25)12-5-8-15(24)23(3)16(12)17-19-9-10-22(17)2/h6-7,9-10,12,16H,5,8H2,1-4H3,(H,21,25)/t12-,16-/m0/s1. The van der Waals surface area contributed by atoms with E-state index in [-0.39, 0.29) is 17.7 Å². The van der Waals surface area contributed by atoms with Gasteiger partial charge in [-0.25, -0.2) is 9.97 Å². The second-order valence-corrected chi connectivity index (χ2v) is 6.47. The van der Waals surface area contributed by atoms with Gasteiger partial charge in [0.2, 0.25) is 17.7 Å². The molecule has 8 heteroatoms. The van der Waals surface area contributed by atoms with Crippen LogP contribution < -0.4 is 10.1 Å². The minimum absolute atomic E-state index is 0.0179. The fraction of sp³-hybridized carbons (Fsp3) is 0.444. The third kappa shape index (κ3) is 3.26. The summed E-state index contributed by atoms with van der Waals surface area (Å²) in [6.07, 6.45) is 4.31. The van der Waals surface area contributed by atoms with Crippen molar-refractivity contribution in [1.29, 1.82) is 0 Å². The van der Waals surface area contributed by atoms with E-state index >= 15 is 0 Å². The van der Waals surface area contributed by atoms with Crippen LogP contribution in [0.1, 0.15) is 30.4 Å². The zero-order valence-electron chi connectivity index (χ0n) is 15.4.